The van der Waals surface area contributed by atoms with Crippen molar-refractivity contribution in [2.45, 2.75) is 51.0 Å². The molecule has 0 heterocycles. The molecular weight excluding hydrogens is 420 g/mol. The van der Waals surface area contributed by atoms with Crippen LogP contribution in [0.25, 0.3) is 11.1 Å². The molecule has 3 N–H and O–H groups in total. The highest BCUT2D eigenvalue weighted by molar-refractivity contribution is 5.85. The third kappa shape index (κ3) is 4.87. The molecule has 1 atom stereocenters. The molecule has 0 aliphatic heterocycles. The van der Waals surface area contributed by atoms with Crippen LogP contribution in [0.3, 0.4) is 0 Å². The zero-order valence-electron chi connectivity index (χ0n) is 18.8. The molecule has 2 aliphatic rings. The molecule has 2 aromatic rings. The Balaban J connectivity index is 1.32. The van der Waals surface area contributed by atoms with Crippen LogP contribution in [0.5, 0.6) is 0 Å². The van der Waals surface area contributed by atoms with E-state index in [0.29, 0.717) is 13.0 Å². The zero-order valence-corrected chi connectivity index (χ0v) is 18.8. The maximum Gasteiger partial charge on any atom is 0.407 e. The molecule has 0 bridgehead atoms. The van der Waals surface area contributed by atoms with Crippen LogP contribution >= 0.6 is 0 Å². The number of carbonyl (C=O) groups excluding carboxylic acids is 2. The summed E-state index contributed by atoms with van der Waals surface area (Å²) < 4.78 is 5.54. The fraction of sp³-hybridized carbons (Fsp3) is 0.423. The number of aliphatic carboxylic acids is 1. The third-order valence-electron chi connectivity index (χ3n) is 6.94. The van der Waals surface area contributed by atoms with E-state index in [9.17, 15) is 14.4 Å². The first-order valence-corrected chi connectivity index (χ1v) is 11.5. The summed E-state index contributed by atoms with van der Waals surface area (Å²) in [5.41, 5.74) is 4.18. The second kappa shape index (κ2) is 9.65. The fourth-order valence-electron chi connectivity index (χ4n) is 4.95. The summed E-state index contributed by atoms with van der Waals surface area (Å²) in [7, 11) is 0. The van der Waals surface area contributed by atoms with E-state index >= 15 is 0 Å². The molecule has 0 spiro atoms. The van der Waals surface area contributed by atoms with Gasteiger partial charge < -0.3 is 20.5 Å². The summed E-state index contributed by atoms with van der Waals surface area (Å²) in [4.78, 5) is 36.3. The summed E-state index contributed by atoms with van der Waals surface area (Å²) in [6.45, 7) is 2.30. The lowest BCUT2D eigenvalue weighted by atomic mass is 9.66. The molecule has 2 aliphatic carbocycles. The Morgan fingerprint density at radius 1 is 1.06 bits per heavy atom. The number of hydrogen-bond donors (Lipinski definition) is 3. The number of ether oxygens (including phenoxy) is 1. The highest BCUT2D eigenvalue weighted by Crippen LogP contribution is 2.45. The van der Waals surface area contributed by atoms with Crippen LogP contribution in [0.4, 0.5) is 4.79 Å². The van der Waals surface area contributed by atoms with Gasteiger partial charge in [-0.3, -0.25) is 9.59 Å². The minimum absolute atomic E-state index is 0.0455. The molecule has 2 amide bonds. The molecule has 33 heavy (non-hydrogen) atoms. The molecule has 4 rings (SSSR count). The maximum atomic E-state index is 12.6. The monoisotopic (exact) mass is 450 g/mol. The Bertz CT molecular complexity index is 1000. The van der Waals surface area contributed by atoms with Gasteiger partial charge in [0, 0.05) is 12.5 Å². The average Bonchev–Trinajstić information content (AvgIpc) is 3.11. The Labute approximate surface area is 193 Å². The zero-order chi connectivity index (χ0) is 23.4. The van der Waals surface area contributed by atoms with Crippen molar-refractivity contribution in [2.24, 2.45) is 5.41 Å². The van der Waals surface area contributed by atoms with Crippen molar-refractivity contribution in [3.8, 4) is 11.1 Å². The van der Waals surface area contributed by atoms with E-state index < -0.39 is 18.1 Å². The molecule has 1 saturated carbocycles. The molecule has 0 saturated heterocycles. The molecular formula is C26H30N2O5. The molecule has 7 heteroatoms. The second-order valence-electron chi connectivity index (χ2n) is 9.07. The van der Waals surface area contributed by atoms with Gasteiger partial charge in [0.1, 0.15) is 12.6 Å². The van der Waals surface area contributed by atoms with E-state index in [4.69, 9.17) is 9.84 Å². The first kappa shape index (κ1) is 22.8. The average molecular weight is 451 g/mol. The van der Waals surface area contributed by atoms with E-state index in [1.807, 2.05) is 31.2 Å². The maximum absolute atomic E-state index is 12.6. The van der Waals surface area contributed by atoms with Gasteiger partial charge in [-0.1, -0.05) is 61.9 Å². The van der Waals surface area contributed by atoms with Crippen molar-refractivity contribution in [3.63, 3.8) is 0 Å². The normalized spacial score (nSPS) is 16.6. The number of carboxylic acids is 1. The van der Waals surface area contributed by atoms with Crippen molar-refractivity contribution in [1.29, 1.82) is 0 Å². The highest BCUT2D eigenvalue weighted by atomic mass is 16.5. The number of fused-ring (bicyclic) bond motifs is 3. The lowest BCUT2D eigenvalue weighted by molar-refractivity contribution is -0.142. The summed E-state index contributed by atoms with van der Waals surface area (Å²) in [5.74, 6) is -1.22. The van der Waals surface area contributed by atoms with Crippen molar-refractivity contribution >= 4 is 18.0 Å². The van der Waals surface area contributed by atoms with Gasteiger partial charge in [-0.05, 0) is 46.9 Å². The van der Waals surface area contributed by atoms with Gasteiger partial charge in [0.25, 0.3) is 0 Å². The minimum atomic E-state index is -0.854. The minimum Gasteiger partial charge on any atom is -0.481 e. The van der Waals surface area contributed by atoms with Crippen molar-refractivity contribution in [3.05, 3.63) is 59.7 Å². The summed E-state index contributed by atoms with van der Waals surface area (Å²) in [5, 5.41) is 14.6. The molecule has 7 nitrogen and oxygen atoms in total. The van der Waals surface area contributed by atoms with Crippen LogP contribution in [0.2, 0.25) is 0 Å². The van der Waals surface area contributed by atoms with E-state index in [1.165, 1.54) is 0 Å². The Morgan fingerprint density at radius 2 is 1.67 bits per heavy atom. The number of hydrogen-bond acceptors (Lipinski definition) is 4. The highest BCUT2D eigenvalue weighted by Gasteiger charge is 2.39. The number of rotatable bonds is 9. The summed E-state index contributed by atoms with van der Waals surface area (Å²) in [6, 6.07) is 15.5. The van der Waals surface area contributed by atoms with Crippen LogP contribution in [-0.4, -0.2) is 42.3 Å². The molecule has 0 radical (unpaired) electrons. The predicted molar refractivity (Wildman–Crippen MR) is 124 cm³/mol. The van der Waals surface area contributed by atoms with Gasteiger partial charge >= 0.3 is 12.1 Å². The van der Waals surface area contributed by atoms with Gasteiger partial charge in [-0.15, -0.1) is 0 Å². The fourth-order valence-corrected chi connectivity index (χ4v) is 4.95. The SMILES string of the molecule is CC[C@H](NC(=O)OCC1c2ccccc2-c2ccccc21)C(=O)NCC1(CC(=O)O)CCC1. The van der Waals surface area contributed by atoms with Gasteiger partial charge in [-0.2, -0.15) is 0 Å². The summed E-state index contributed by atoms with van der Waals surface area (Å²) >= 11 is 0. The molecule has 0 aromatic heterocycles. The van der Waals surface area contributed by atoms with E-state index in [2.05, 4.69) is 34.9 Å². The number of nitrogens with one attached hydrogen (secondary N) is 2. The first-order valence-electron chi connectivity index (χ1n) is 11.5. The Kier molecular flexibility index (Phi) is 6.67. The largest absolute Gasteiger partial charge is 0.481 e. The van der Waals surface area contributed by atoms with Gasteiger partial charge in [0.2, 0.25) is 5.91 Å². The van der Waals surface area contributed by atoms with E-state index in [0.717, 1.165) is 41.5 Å². The van der Waals surface area contributed by atoms with Gasteiger partial charge in [-0.25, -0.2) is 4.79 Å². The van der Waals surface area contributed by atoms with E-state index in [1.54, 1.807) is 0 Å². The molecule has 2 aromatic carbocycles. The Hall–Kier alpha value is -3.35. The Morgan fingerprint density at radius 3 is 2.18 bits per heavy atom. The van der Waals surface area contributed by atoms with Crippen LogP contribution in [0.15, 0.2) is 48.5 Å². The third-order valence-corrected chi connectivity index (χ3v) is 6.94. The van der Waals surface area contributed by atoms with Crippen LogP contribution in [0.1, 0.15) is 56.1 Å². The molecule has 1 fully saturated rings. The standard InChI is InChI=1S/C26H30N2O5/c1-2-22(24(31)27-16-26(12-7-13-26)14-23(29)30)28-25(32)33-15-21-19-10-5-3-8-17(19)18-9-4-6-11-20(18)21/h3-6,8-11,21-22H,2,7,12-16H2,1H3,(H,27,31)(H,28,32)(H,29,30)/t22-/m0/s1. The number of benzene rings is 2. The molecule has 174 valence electrons. The van der Waals surface area contributed by atoms with Crippen LogP contribution in [-0.2, 0) is 14.3 Å². The second-order valence-corrected chi connectivity index (χ2v) is 9.07. The number of carbonyl (C=O) groups is 3. The van der Waals surface area contributed by atoms with Crippen LogP contribution in [0, 0.1) is 5.41 Å². The van der Waals surface area contributed by atoms with E-state index in [-0.39, 0.29) is 30.3 Å². The number of alkyl carbamates (subject to hydrolysis) is 1. The smallest absolute Gasteiger partial charge is 0.407 e. The van der Waals surface area contributed by atoms with Gasteiger partial charge in [0.15, 0.2) is 0 Å². The molecule has 0 unspecified atom stereocenters. The lowest BCUT2D eigenvalue weighted by Crippen LogP contribution is -2.51. The van der Waals surface area contributed by atoms with Crippen molar-refractivity contribution in [2.75, 3.05) is 13.2 Å². The lowest BCUT2D eigenvalue weighted by Gasteiger charge is -2.41. The quantitative estimate of drug-likeness (QED) is 0.534. The van der Waals surface area contributed by atoms with Crippen molar-refractivity contribution < 1.29 is 24.2 Å². The first-order chi connectivity index (χ1) is 15.9. The summed E-state index contributed by atoms with van der Waals surface area (Å²) in [6.07, 6.45) is 2.36. The van der Waals surface area contributed by atoms with Gasteiger partial charge in [0.05, 0.1) is 6.42 Å². The number of carboxylic acid groups (broad SMARTS) is 1. The van der Waals surface area contributed by atoms with Crippen molar-refractivity contribution in [1.82, 2.24) is 10.6 Å². The predicted octanol–water partition coefficient (Wildman–Crippen LogP) is 4.06. The number of amides is 2. The van der Waals surface area contributed by atoms with Crippen LogP contribution < -0.4 is 10.6 Å². The topological polar surface area (TPSA) is 105 Å².